The van der Waals surface area contributed by atoms with E-state index in [9.17, 15) is 13.2 Å². The number of nitrogens with zero attached hydrogens (tertiary/aromatic N) is 4. The topological polar surface area (TPSA) is 56.7 Å². The van der Waals surface area contributed by atoms with Crippen LogP contribution in [0.5, 0.6) is 0 Å². The highest BCUT2D eigenvalue weighted by molar-refractivity contribution is 7.99. The van der Waals surface area contributed by atoms with Crippen molar-refractivity contribution in [2.75, 3.05) is 0 Å². The van der Waals surface area contributed by atoms with Crippen molar-refractivity contribution in [2.45, 2.75) is 30.1 Å². The van der Waals surface area contributed by atoms with Crippen molar-refractivity contribution in [3.63, 3.8) is 0 Å². The molecule has 0 spiro atoms. The van der Waals surface area contributed by atoms with Crippen molar-refractivity contribution in [1.82, 2.24) is 19.7 Å². The molecule has 5 nitrogen and oxygen atoms in total. The van der Waals surface area contributed by atoms with Crippen LogP contribution in [0.25, 0.3) is 22.7 Å². The van der Waals surface area contributed by atoms with E-state index in [4.69, 9.17) is 4.42 Å². The smallest absolute Gasteiger partial charge is 0.406 e. The summed E-state index contributed by atoms with van der Waals surface area (Å²) < 4.78 is 46.6. The van der Waals surface area contributed by atoms with Gasteiger partial charge in [-0.05, 0) is 24.6 Å². The van der Waals surface area contributed by atoms with Gasteiger partial charge >= 0.3 is 6.18 Å². The van der Waals surface area contributed by atoms with Gasteiger partial charge in [0.05, 0.1) is 17.1 Å². The van der Waals surface area contributed by atoms with Gasteiger partial charge in [-0.2, -0.15) is 13.2 Å². The minimum atomic E-state index is -4.38. The first-order chi connectivity index (χ1) is 14.4. The Morgan fingerprint density at radius 1 is 0.967 bits per heavy atom. The van der Waals surface area contributed by atoms with E-state index in [2.05, 4.69) is 15.2 Å². The van der Waals surface area contributed by atoms with Gasteiger partial charge < -0.3 is 8.98 Å². The first kappa shape index (κ1) is 20.2. The Bertz CT molecular complexity index is 1110. The molecule has 30 heavy (non-hydrogen) atoms. The number of imidazole rings is 1. The zero-order chi connectivity index (χ0) is 21.1. The van der Waals surface area contributed by atoms with Gasteiger partial charge in [0.15, 0.2) is 5.16 Å². The Balaban J connectivity index is 1.61. The molecule has 2 aromatic heterocycles. The fourth-order valence-corrected chi connectivity index (χ4v) is 3.84. The number of aromatic nitrogens is 4. The van der Waals surface area contributed by atoms with Gasteiger partial charge in [0.2, 0.25) is 11.8 Å². The van der Waals surface area contributed by atoms with E-state index in [1.54, 1.807) is 31.2 Å². The summed E-state index contributed by atoms with van der Waals surface area (Å²) in [5, 5.41) is 7.96. The maximum absolute atomic E-state index is 13.2. The standard InChI is InChI=1S/C21H17F3N4OS/c1-14(18-26-27-19(29-18)16-10-6-3-7-11-16)30-20-25-12-17(15-8-4-2-5-9-15)28(20)13-21(22,23)24/h2-12,14H,13H2,1H3. The second-order valence-electron chi connectivity index (χ2n) is 6.56. The SMILES string of the molecule is CC(Sc1ncc(-c2ccccc2)n1CC(F)(F)F)c1nnc(-c2ccccc2)o1. The molecule has 0 aliphatic carbocycles. The van der Waals surface area contributed by atoms with Gasteiger partial charge in [-0.3, -0.25) is 0 Å². The van der Waals surface area contributed by atoms with E-state index >= 15 is 0 Å². The number of rotatable bonds is 6. The second kappa shape index (κ2) is 8.35. The van der Waals surface area contributed by atoms with Crippen LogP contribution in [0.1, 0.15) is 18.1 Å². The van der Waals surface area contributed by atoms with Gasteiger partial charge in [0.1, 0.15) is 6.54 Å². The molecular formula is C21H17F3N4OS. The zero-order valence-corrected chi connectivity index (χ0v) is 16.7. The lowest BCUT2D eigenvalue weighted by atomic mass is 10.2. The Morgan fingerprint density at radius 2 is 1.60 bits per heavy atom. The molecule has 0 amide bonds. The van der Waals surface area contributed by atoms with Crippen LogP contribution in [0.15, 0.2) is 76.4 Å². The van der Waals surface area contributed by atoms with Crippen molar-refractivity contribution >= 4 is 11.8 Å². The third-order valence-corrected chi connectivity index (χ3v) is 5.41. The average molecular weight is 430 g/mol. The Kier molecular flexibility index (Phi) is 5.63. The van der Waals surface area contributed by atoms with Crippen molar-refractivity contribution in [3.8, 4) is 22.7 Å². The first-order valence-corrected chi connectivity index (χ1v) is 10.0. The second-order valence-corrected chi connectivity index (χ2v) is 7.87. The highest BCUT2D eigenvalue weighted by atomic mass is 32.2. The van der Waals surface area contributed by atoms with Crippen LogP contribution in [0, 0.1) is 0 Å². The highest BCUT2D eigenvalue weighted by Gasteiger charge is 2.31. The Morgan fingerprint density at radius 3 is 2.23 bits per heavy atom. The summed E-state index contributed by atoms with van der Waals surface area (Å²) in [5.41, 5.74) is 1.84. The maximum atomic E-state index is 13.2. The Hall–Kier alpha value is -3.07. The van der Waals surface area contributed by atoms with Crippen molar-refractivity contribution in [2.24, 2.45) is 0 Å². The summed E-state index contributed by atoms with van der Waals surface area (Å²) in [6.45, 7) is 0.660. The molecule has 0 radical (unpaired) electrons. The quantitative estimate of drug-likeness (QED) is 0.350. The number of benzene rings is 2. The average Bonchev–Trinajstić information content (AvgIpc) is 3.36. The van der Waals surface area contributed by atoms with E-state index in [0.29, 0.717) is 23.0 Å². The molecule has 2 heterocycles. The number of halogens is 3. The molecule has 154 valence electrons. The number of thioether (sulfide) groups is 1. The van der Waals surface area contributed by atoms with Crippen LogP contribution < -0.4 is 0 Å². The van der Waals surface area contributed by atoms with Crippen LogP contribution in [-0.2, 0) is 6.54 Å². The molecule has 1 unspecified atom stereocenters. The van der Waals surface area contributed by atoms with E-state index in [0.717, 1.165) is 17.3 Å². The molecule has 0 aliphatic heterocycles. The van der Waals surface area contributed by atoms with Crippen LogP contribution >= 0.6 is 11.8 Å². The Labute approximate surface area is 175 Å². The third-order valence-electron chi connectivity index (χ3n) is 4.32. The molecule has 0 saturated heterocycles. The van der Waals surface area contributed by atoms with Crippen molar-refractivity contribution in [3.05, 3.63) is 72.8 Å². The summed E-state index contributed by atoms with van der Waals surface area (Å²) in [7, 11) is 0. The van der Waals surface area contributed by atoms with Gasteiger partial charge in [0, 0.05) is 5.56 Å². The van der Waals surface area contributed by atoms with Gasteiger partial charge in [0.25, 0.3) is 0 Å². The van der Waals surface area contributed by atoms with E-state index in [1.165, 1.54) is 10.8 Å². The van der Waals surface area contributed by atoms with Crippen LogP contribution in [0.3, 0.4) is 0 Å². The molecule has 2 aromatic carbocycles. The molecule has 9 heteroatoms. The predicted molar refractivity (Wildman–Crippen MR) is 108 cm³/mol. The third kappa shape index (κ3) is 4.56. The lowest BCUT2D eigenvalue weighted by Crippen LogP contribution is -2.19. The molecule has 0 N–H and O–H groups in total. The van der Waals surface area contributed by atoms with Gasteiger partial charge in [-0.15, -0.1) is 10.2 Å². The summed E-state index contributed by atoms with van der Waals surface area (Å²) >= 11 is 1.14. The summed E-state index contributed by atoms with van der Waals surface area (Å²) in [6.07, 6.45) is -2.92. The van der Waals surface area contributed by atoms with Crippen LogP contribution in [0.4, 0.5) is 13.2 Å². The lowest BCUT2D eigenvalue weighted by molar-refractivity contribution is -0.141. The van der Waals surface area contributed by atoms with Crippen molar-refractivity contribution in [1.29, 1.82) is 0 Å². The van der Waals surface area contributed by atoms with E-state index in [1.807, 2.05) is 36.4 Å². The zero-order valence-electron chi connectivity index (χ0n) is 15.9. The van der Waals surface area contributed by atoms with E-state index < -0.39 is 12.7 Å². The minimum absolute atomic E-state index is 0.234. The number of hydrogen-bond acceptors (Lipinski definition) is 5. The molecule has 0 fully saturated rings. The van der Waals surface area contributed by atoms with Gasteiger partial charge in [-0.1, -0.05) is 60.3 Å². The minimum Gasteiger partial charge on any atom is -0.419 e. The number of hydrogen-bond donors (Lipinski definition) is 0. The number of alkyl halides is 3. The predicted octanol–water partition coefficient (Wildman–Crippen LogP) is 6.02. The molecule has 0 saturated carbocycles. The van der Waals surface area contributed by atoms with Gasteiger partial charge in [-0.25, -0.2) is 4.98 Å². The maximum Gasteiger partial charge on any atom is 0.406 e. The lowest BCUT2D eigenvalue weighted by Gasteiger charge is -2.15. The molecule has 0 bridgehead atoms. The summed E-state index contributed by atoms with van der Waals surface area (Å²) in [5.74, 6) is 0.684. The fourth-order valence-electron chi connectivity index (χ4n) is 2.93. The summed E-state index contributed by atoms with van der Waals surface area (Å²) in [6, 6.07) is 18.2. The molecule has 0 aliphatic rings. The first-order valence-electron chi connectivity index (χ1n) is 9.14. The normalized spacial score (nSPS) is 12.8. The molecule has 4 aromatic rings. The summed E-state index contributed by atoms with van der Waals surface area (Å²) in [4.78, 5) is 4.24. The largest absolute Gasteiger partial charge is 0.419 e. The monoisotopic (exact) mass is 430 g/mol. The van der Waals surface area contributed by atoms with E-state index in [-0.39, 0.29) is 10.4 Å². The molecule has 4 rings (SSSR count). The van der Waals surface area contributed by atoms with Crippen molar-refractivity contribution < 1.29 is 17.6 Å². The van der Waals surface area contributed by atoms with Crippen LogP contribution in [-0.4, -0.2) is 25.9 Å². The molecule has 1 atom stereocenters. The van der Waals surface area contributed by atoms with Crippen LogP contribution in [0.2, 0.25) is 0 Å². The fraction of sp³-hybridized carbons (Fsp3) is 0.190. The molecular weight excluding hydrogens is 413 g/mol. The highest BCUT2D eigenvalue weighted by Crippen LogP contribution is 2.37.